The van der Waals surface area contributed by atoms with Gasteiger partial charge >= 0.3 is 6.09 Å². The molecule has 0 saturated carbocycles. The second kappa shape index (κ2) is 11.9. The lowest BCUT2D eigenvalue weighted by Gasteiger charge is -2.36. The van der Waals surface area contributed by atoms with Crippen molar-refractivity contribution < 1.29 is 14.3 Å². The third kappa shape index (κ3) is 6.31. The minimum atomic E-state index is -0.242. The maximum atomic E-state index is 11.8. The van der Waals surface area contributed by atoms with Gasteiger partial charge in [0.2, 0.25) is 0 Å². The Balaban J connectivity index is 0.00000338. The molecular formula is C18H29IN4O3. The number of carbonyl (C=O) groups is 1. The Morgan fingerprint density at radius 2 is 1.81 bits per heavy atom. The highest BCUT2D eigenvalue weighted by Gasteiger charge is 2.24. The Morgan fingerprint density at radius 1 is 1.19 bits per heavy atom. The summed E-state index contributed by atoms with van der Waals surface area (Å²) in [7, 11) is 3.48. The zero-order valence-corrected chi connectivity index (χ0v) is 18.0. The normalized spacial score (nSPS) is 15.9. The molecule has 1 aromatic rings. The number of methoxy groups -OCH3 is 1. The van der Waals surface area contributed by atoms with E-state index in [1.807, 2.05) is 25.1 Å². The Kier molecular flexibility index (Phi) is 10.3. The molecule has 26 heavy (non-hydrogen) atoms. The van der Waals surface area contributed by atoms with Gasteiger partial charge in [0.15, 0.2) is 5.96 Å². The van der Waals surface area contributed by atoms with Gasteiger partial charge in [-0.25, -0.2) is 4.79 Å². The van der Waals surface area contributed by atoms with Gasteiger partial charge in [0.25, 0.3) is 0 Å². The largest absolute Gasteiger partial charge is 0.450 e. The zero-order valence-electron chi connectivity index (χ0n) is 15.7. The molecule has 1 aromatic carbocycles. The van der Waals surface area contributed by atoms with Crippen LogP contribution in [-0.2, 0) is 9.47 Å². The second-order valence-electron chi connectivity index (χ2n) is 5.74. The molecule has 146 valence electrons. The van der Waals surface area contributed by atoms with Crippen LogP contribution in [0.15, 0.2) is 35.3 Å². The van der Waals surface area contributed by atoms with Gasteiger partial charge in [0, 0.05) is 46.9 Å². The summed E-state index contributed by atoms with van der Waals surface area (Å²) in [5, 5.41) is 3.37. The number of piperazine rings is 1. The van der Waals surface area contributed by atoms with Crippen molar-refractivity contribution in [1.82, 2.24) is 15.1 Å². The molecule has 1 atom stereocenters. The molecule has 1 aliphatic rings. The van der Waals surface area contributed by atoms with Crippen molar-refractivity contribution in [3.63, 3.8) is 0 Å². The van der Waals surface area contributed by atoms with Crippen LogP contribution in [0.2, 0.25) is 0 Å². The van der Waals surface area contributed by atoms with Crippen molar-refractivity contribution >= 4 is 36.0 Å². The van der Waals surface area contributed by atoms with Crippen molar-refractivity contribution in [2.24, 2.45) is 4.99 Å². The lowest BCUT2D eigenvalue weighted by Crippen LogP contribution is -2.54. The molecule has 1 saturated heterocycles. The van der Waals surface area contributed by atoms with Gasteiger partial charge in [-0.2, -0.15) is 0 Å². The van der Waals surface area contributed by atoms with Crippen molar-refractivity contribution in [1.29, 1.82) is 0 Å². The highest BCUT2D eigenvalue weighted by atomic mass is 127. The highest BCUT2D eigenvalue weighted by molar-refractivity contribution is 14.0. The van der Waals surface area contributed by atoms with E-state index in [2.05, 4.69) is 27.3 Å². The first kappa shape index (κ1) is 22.5. The number of ether oxygens (including phenoxy) is 2. The van der Waals surface area contributed by atoms with Gasteiger partial charge in [-0.3, -0.25) is 4.99 Å². The van der Waals surface area contributed by atoms with Crippen LogP contribution in [-0.4, -0.2) is 75.3 Å². The van der Waals surface area contributed by atoms with Crippen LogP contribution < -0.4 is 5.32 Å². The van der Waals surface area contributed by atoms with Crippen LogP contribution in [0.5, 0.6) is 0 Å². The van der Waals surface area contributed by atoms with Crippen molar-refractivity contribution in [3.8, 4) is 0 Å². The molecule has 0 spiro atoms. The minimum absolute atomic E-state index is 0. The molecule has 0 aliphatic carbocycles. The van der Waals surface area contributed by atoms with E-state index in [1.54, 1.807) is 19.1 Å². The van der Waals surface area contributed by atoms with Gasteiger partial charge in [0.05, 0.1) is 12.7 Å². The predicted octanol–water partition coefficient (Wildman–Crippen LogP) is 2.34. The summed E-state index contributed by atoms with van der Waals surface area (Å²) in [6, 6.07) is 10.1. The number of guanidine groups is 1. The molecule has 1 heterocycles. The molecule has 2 rings (SSSR count). The quantitative estimate of drug-likeness (QED) is 0.402. The monoisotopic (exact) mass is 476 g/mol. The Labute approximate surface area is 172 Å². The molecule has 1 unspecified atom stereocenters. The highest BCUT2D eigenvalue weighted by Crippen LogP contribution is 2.15. The fourth-order valence-electron chi connectivity index (χ4n) is 2.84. The minimum Gasteiger partial charge on any atom is -0.450 e. The van der Waals surface area contributed by atoms with Gasteiger partial charge in [0.1, 0.15) is 0 Å². The van der Waals surface area contributed by atoms with E-state index in [0.29, 0.717) is 26.2 Å². The molecule has 8 heteroatoms. The number of aliphatic imine (C=N–C) groups is 1. The summed E-state index contributed by atoms with van der Waals surface area (Å²) in [5.74, 6) is 0.821. The summed E-state index contributed by atoms with van der Waals surface area (Å²) in [5.41, 5.74) is 1.13. The summed E-state index contributed by atoms with van der Waals surface area (Å²) < 4.78 is 10.6. The Hall–Kier alpha value is -1.55. The van der Waals surface area contributed by atoms with Crippen molar-refractivity contribution in [2.45, 2.75) is 13.0 Å². The third-order valence-corrected chi connectivity index (χ3v) is 4.22. The lowest BCUT2D eigenvalue weighted by atomic mass is 10.1. The van der Waals surface area contributed by atoms with E-state index >= 15 is 0 Å². The molecule has 0 radical (unpaired) electrons. The summed E-state index contributed by atoms with van der Waals surface area (Å²) in [6.45, 7) is 5.56. The number of carbonyl (C=O) groups excluding carboxylic acids is 1. The fraction of sp³-hybridized carbons (Fsp3) is 0.556. The number of nitrogens with one attached hydrogen (secondary N) is 1. The number of amides is 1. The van der Waals surface area contributed by atoms with Crippen LogP contribution in [0.1, 0.15) is 18.6 Å². The van der Waals surface area contributed by atoms with E-state index < -0.39 is 0 Å². The number of halogens is 1. The zero-order chi connectivity index (χ0) is 18.1. The van der Waals surface area contributed by atoms with Crippen LogP contribution in [0.4, 0.5) is 4.79 Å². The van der Waals surface area contributed by atoms with Crippen molar-refractivity contribution in [2.75, 3.05) is 53.5 Å². The number of hydrogen-bond donors (Lipinski definition) is 1. The summed E-state index contributed by atoms with van der Waals surface area (Å²) in [6.07, 6.45) is -0.285. The van der Waals surface area contributed by atoms with Crippen LogP contribution >= 0.6 is 24.0 Å². The molecular weight excluding hydrogens is 447 g/mol. The first-order chi connectivity index (χ1) is 12.2. The van der Waals surface area contributed by atoms with Gasteiger partial charge in [-0.15, -0.1) is 24.0 Å². The third-order valence-electron chi connectivity index (χ3n) is 4.22. The van der Waals surface area contributed by atoms with E-state index in [4.69, 9.17) is 9.47 Å². The lowest BCUT2D eigenvalue weighted by molar-refractivity contribution is 0.0901. The predicted molar refractivity (Wildman–Crippen MR) is 113 cm³/mol. The second-order valence-corrected chi connectivity index (χ2v) is 5.74. The van der Waals surface area contributed by atoms with Crippen LogP contribution in [0.3, 0.4) is 0 Å². The molecule has 1 N–H and O–H groups in total. The topological polar surface area (TPSA) is 66.4 Å². The number of rotatable bonds is 5. The molecule has 1 fully saturated rings. The van der Waals surface area contributed by atoms with Crippen molar-refractivity contribution in [3.05, 3.63) is 35.9 Å². The first-order valence-corrected chi connectivity index (χ1v) is 8.64. The SMILES string of the molecule is CCOC(=O)N1CCN(C(=NC)NCC(OC)c2ccccc2)CC1.I. The Bertz CT molecular complexity index is 563. The average molecular weight is 476 g/mol. The summed E-state index contributed by atoms with van der Waals surface area (Å²) >= 11 is 0. The average Bonchev–Trinajstić information content (AvgIpc) is 2.66. The number of benzene rings is 1. The van der Waals surface area contributed by atoms with Gasteiger partial charge in [-0.05, 0) is 12.5 Å². The number of hydrogen-bond acceptors (Lipinski definition) is 4. The van der Waals surface area contributed by atoms with E-state index in [1.165, 1.54) is 0 Å². The summed E-state index contributed by atoms with van der Waals surface area (Å²) in [4.78, 5) is 20.0. The van der Waals surface area contributed by atoms with Gasteiger partial charge in [-0.1, -0.05) is 30.3 Å². The van der Waals surface area contributed by atoms with E-state index in [9.17, 15) is 4.79 Å². The fourth-order valence-corrected chi connectivity index (χ4v) is 2.84. The smallest absolute Gasteiger partial charge is 0.409 e. The molecule has 0 bridgehead atoms. The first-order valence-electron chi connectivity index (χ1n) is 8.64. The van der Waals surface area contributed by atoms with Crippen LogP contribution in [0, 0.1) is 0 Å². The van der Waals surface area contributed by atoms with Gasteiger partial charge < -0.3 is 24.6 Å². The molecule has 1 amide bonds. The number of nitrogens with zero attached hydrogens (tertiary/aromatic N) is 3. The maximum Gasteiger partial charge on any atom is 0.409 e. The molecule has 1 aliphatic heterocycles. The standard InChI is InChI=1S/C18H28N4O3.HI/c1-4-25-18(23)22-12-10-21(11-13-22)17(19-2)20-14-16(24-3)15-8-6-5-7-9-15;/h5-9,16H,4,10-14H2,1-3H3,(H,19,20);1H. The maximum absolute atomic E-state index is 11.8. The molecule has 7 nitrogen and oxygen atoms in total. The molecule has 0 aromatic heterocycles. The van der Waals surface area contributed by atoms with E-state index in [0.717, 1.165) is 24.6 Å². The Morgan fingerprint density at radius 3 is 2.35 bits per heavy atom. The van der Waals surface area contributed by atoms with Crippen LogP contribution in [0.25, 0.3) is 0 Å². The van der Waals surface area contributed by atoms with E-state index in [-0.39, 0.29) is 36.2 Å².